The van der Waals surface area contributed by atoms with Crippen molar-refractivity contribution >= 4 is 11.6 Å². The van der Waals surface area contributed by atoms with E-state index in [1.54, 1.807) is 0 Å². The van der Waals surface area contributed by atoms with E-state index < -0.39 is 6.10 Å². The van der Waals surface area contributed by atoms with E-state index in [0.29, 0.717) is 11.3 Å². The summed E-state index contributed by atoms with van der Waals surface area (Å²) in [5.41, 5.74) is 1.13. The quantitative estimate of drug-likeness (QED) is 0.729. The van der Waals surface area contributed by atoms with Crippen molar-refractivity contribution in [2.75, 3.05) is 11.9 Å². The van der Waals surface area contributed by atoms with E-state index in [1.165, 1.54) is 48.5 Å². The fourth-order valence-corrected chi connectivity index (χ4v) is 2.21. The number of hydrogen-bond donors (Lipinski definition) is 3. The number of benzene rings is 2. The van der Waals surface area contributed by atoms with Gasteiger partial charge in [0.2, 0.25) is 5.91 Å². The van der Waals surface area contributed by atoms with Gasteiger partial charge in [0.15, 0.2) is 0 Å². The first-order valence-electron chi connectivity index (χ1n) is 7.66. The average molecular weight is 334 g/mol. The lowest BCUT2D eigenvalue weighted by Gasteiger charge is -2.17. The Morgan fingerprint density at radius 1 is 1.04 bits per heavy atom. The molecule has 2 aromatic carbocycles. The standard InChI is InChI=1S/C18H20F2N2O2/c1-12(10-18(24)22-16-8-6-15(20)7-9-16)21-11-17(23)13-2-4-14(19)5-3-13/h2-9,12,17,21,23H,10-11H2,1H3,(H,22,24). The summed E-state index contributed by atoms with van der Waals surface area (Å²) in [5, 5.41) is 15.8. The van der Waals surface area contributed by atoms with Crippen LogP contribution in [0, 0.1) is 11.6 Å². The van der Waals surface area contributed by atoms with Crippen molar-refractivity contribution in [3.63, 3.8) is 0 Å². The number of carbonyl (C=O) groups is 1. The van der Waals surface area contributed by atoms with E-state index in [2.05, 4.69) is 10.6 Å². The lowest BCUT2D eigenvalue weighted by Crippen LogP contribution is -2.33. The van der Waals surface area contributed by atoms with E-state index in [0.717, 1.165) is 0 Å². The molecule has 0 radical (unpaired) electrons. The predicted molar refractivity (Wildman–Crippen MR) is 88.5 cm³/mol. The van der Waals surface area contributed by atoms with Gasteiger partial charge in [0.05, 0.1) is 6.10 Å². The van der Waals surface area contributed by atoms with Crippen molar-refractivity contribution in [3.8, 4) is 0 Å². The van der Waals surface area contributed by atoms with E-state index in [1.807, 2.05) is 6.92 Å². The van der Waals surface area contributed by atoms with Gasteiger partial charge < -0.3 is 15.7 Å². The molecule has 0 aliphatic heterocycles. The molecule has 2 rings (SSSR count). The molecular formula is C18H20F2N2O2. The number of anilines is 1. The number of rotatable bonds is 7. The zero-order valence-corrected chi connectivity index (χ0v) is 13.3. The number of aliphatic hydroxyl groups is 1. The van der Waals surface area contributed by atoms with Crippen LogP contribution in [0.25, 0.3) is 0 Å². The van der Waals surface area contributed by atoms with Gasteiger partial charge in [-0.2, -0.15) is 0 Å². The summed E-state index contributed by atoms with van der Waals surface area (Å²) in [7, 11) is 0. The van der Waals surface area contributed by atoms with Crippen LogP contribution in [0.1, 0.15) is 25.0 Å². The number of amides is 1. The van der Waals surface area contributed by atoms with Crippen molar-refractivity contribution in [1.29, 1.82) is 0 Å². The van der Waals surface area contributed by atoms with Gasteiger partial charge in [0.25, 0.3) is 0 Å². The van der Waals surface area contributed by atoms with Crippen molar-refractivity contribution in [2.24, 2.45) is 0 Å². The molecule has 0 aromatic heterocycles. The molecule has 24 heavy (non-hydrogen) atoms. The first-order chi connectivity index (χ1) is 11.4. The Morgan fingerprint density at radius 3 is 2.17 bits per heavy atom. The highest BCUT2D eigenvalue weighted by Gasteiger charge is 2.12. The Hall–Kier alpha value is -2.31. The normalized spacial score (nSPS) is 13.3. The smallest absolute Gasteiger partial charge is 0.225 e. The average Bonchev–Trinajstić information content (AvgIpc) is 2.55. The summed E-state index contributed by atoms with van der Waals surface area (Å²) in [6.45, 7) is 2.07. The first-order valence-corrected chi connectivity index (χ1v) is 7.66. The molecule has 3 N–H and O–H groups in total. The molecule has 0 saturated carbocycles. The molecule has 0 aliphatic rings. The lowest BCUT2D eigenvalue weighted by atomic mass is 10.1. The van der Waals surface area contributed by atoms with Crippen molar-refractivity contribution in [3.05, 3.63) is 65.7 Å². The van der Waals surface area contributed by atoms with Gasteiger partial charge in [-0.1, -0.05) is 12.1 Å². The molecule has 0 bridgehead atoms. The highest BCUT2D eigenvalue weighted by molar-refractivity contribution is 5.91. The van der Waals surface area contributed by atoms with E-state index >= 15 is 0 Å². The van der Waals surface area contributed by atoms with Crippen LogP contribution in [0.4, 0.5) is 14.5 Å². The molecule has 6 heteroatoms. The summed E-state index contributed by atoms with van der Waals surface area (Å²) < 4.78 is 25.7. The summed E-state index contributed by atoms with van der Waals surface area (Å²) in [5.74, 6) is -0.930. The first kappa shape index (κ1) is 18.0. The Balaban J connectivity index is 1.75. The maximum atomic E-state index is 12.8. The van der Waals surface area contributed by atoms with E-state index in [-0.39, 0.29) is 36.5 Å². The lowest BCUT2D eigenvalue weighted by molar-refractivity contribution is -0.116. The van der Waals surface area contributed by atoms with Gasteiger partial charge in [-0.25, -0.2) is 8.78 Å². The van der Waals surface area contributed by atoms with Gasteiger partial charge in [-0.3, -0.25) is 4.79 Å². The monoisotopic (exact) mass is 334 g/mol. The molecule has 0 saturated heterocycles. The van der Waals surface area contributed by atoms with Crippen LogP contribution >= 0.6 is 0 Å². The van der Waals surface area contributed by atoms with Crippen LogP contribution in [0.15, 0.2) is 48.5 Å². The fraction of sp³-hybridized carbons (Fsp3) is 0.278. The topological polar surface area (TPSA) is 61.4 Å². The Kier molecular flexibility index (Phi) is 6.40. The Labute approximate surface area is 139 Å². The maximum Gasteiger partial charge on any atom is 0.225 e. The number of aliphatic hydroxyl groups excluding tert-OH is 1. The fourth-order valence-electron chi connectivity index (χ4n) is 2.21. The summed E-state index contributed by atoms with van der Waals surface area (Å²) in [6.07, 6.45) is -0.582. The highest BCUT2D eigenvalue weighted by atomic mass is 19.1. The zero-order valence-electron chi connectivity index (χ0n) is 13.3. The molecule has 0 spiro atoms. The Bertz CT molecular complexity index is 660. The van der Waals surface area contributed by atoms with Crippen molar-refractivity contribution in [2.45, 2.75) is 25.5 Å². The third-order valence-electron chi connectivity index (χ3n) is 3.53. The van der Waals surface area contributed by atoms with Crippen LogP contribution < -0.4 is 10.6 Å². The van der Waals surface area contributed by atoms with Crippen molar-refractivity contribution in [1.82, 2.24) is 5.32 Å². The molecule has 4 nitrogen and oxygen atoms in total. The molecule has 2 aromatic rings. The number of hydrogen-bond acceptors (Lipinski definition) is 3. The molecule has 0 aliphatic carbocycles. The van der Waals surface area contributed by atoms with Crippen LogP contribution in [0.5, 0.6) is 0 Å². The maximum absolute atomic E-state index is 12.8. The number of carbonyl (C=O) groups excluding carboxylic acids is 1. The minimum Gasteiger partial charge on any atom is -0.387 e. The van der Waals surface area contributed by atoms with Gasteiger partial charge in [-0.15, -0.1) is 0 Å². The Morgan fingerprint density at radius 2 is 1.58 bits per heavy atom. The molecule has 2 unspecified atom stereocenters. The van der Waals surface area contributed by atoms with Crippen LogP contribution in [0.2, 0.25) is 0 Å². The molecule has 2 atom stereocenters. The van der Waals surface area contributed by atoms with Gasteiger partial charge in [0.1, 0.15) is 11.6 Å². The largest absolute Gasteiger partial charge is 0.387 e. The minimum absolute atomic E-state index is 0.166. The van der Waals surface area contributed by atoms with Crippen LogP contribution in [-0.4, -0.2) is 23.6 Å². The van der Waals surface area contributed by atoms with E-state index in [4.69, 9.17) is 0 Å². The second-order valence-corrected chi connectivity index (χ2v) is 5.64. The highest BCUT2D eigenvalue weighted by Crippen LogP contribution is 2.13. The van der Waals surface area contributed by atoms with Crippen molar-refractivity contribution < 1.29 is 18.7 Å². The molecular weight excluding hydrogens is 314 g/mol. The zero-order chi connectivity index (χ0) is 17.5. The van der Waals surface area contributed by atoms with Gasteiger partial charge in [-0.05, 0) is 48.9 Å². The molecule has 1 amide bonds. The summed E-state index contributed by atoms with van der Waals surface area (Å²) in [4.78, 5) is 11.9. The molecule has 0 fully saturated rings. The molecule has 0 heterocycles. The van der Waals surface area contributed by atoms with E-state index in [9.17, 15) is 18.7 Å². The van der Waals surface area contributed by atoms with Gasteiger partial charge >= 0.3 is 0 Å². The predicted octanol–water partition coefficient (Wildman–Crippen LogP) is 3.01. The summed E-state index contributed by atoms with van der Waals surface area (Å²) >= 11 is 0. The SMILES string of the molecule is CC(CC(=O)Nc1ccc(F)cc1)NCC(O)c1ccc(F)cc1. The second-order valence-electron chi connectivity index (χ2n) is 5.64. The van der Waals surface area contributed by atoms with Crippen LogP contribution in [-0.2, 0) is 4.79 Å². The minimum atomic E-state index is -0.784. The number of halogens is 2. The second kappa shape index (κ2) is 8.52. The third kappa shape index (κ3) is 5.72. The van der Waals surface area contributed by atoms with Crippen LogP contribution in [0.3, 0.4) is 0 Å². The van der Waals surface area contributed by atoms with Gasteiger partial charge in [0, 0.05) is 24.7 Å². The number of nitrogens with one attached hydrogen (secondary N) is 2. The summed E-state index contributed by atoms with van der Waals surface area (Å²) in [6, 6.07) is 11.0. The third-order valence-corrected chi connectivity index (χ3v) is 3.53. The molecule has 128 valence electrons.